The Bertz CT molecular complexity index is 1470. The highest BCUT2D eigenvalue weighted by molar-refractivity contribution is 7.92. The largest absolute Gasteiger partial charge is 0.485 e. The van der Waals surface area contributed by atoms with E-state index in [-0.39, 0.29) is 24.0 Å². The molecule has 10 heteroatoms. The van der Waals surface area contributed by atoms with Crippen LogP contribution in [0, 0.1) is 0 Å². The number of carbonyl (C=O) groups is 1. The van der Waals surface area contributed by atoms with Crippen molar-refractivity contribution in [1.82, 2.24) is 14.9 Å². The molecule has 0 fully saturated rings. The Balaban J connectivity index is 1.28. The molecule has 1 aliphatic rings. The molecule has 1 aliphatic heterocycles. The number of sulfonamides is 1. The number of rotatable bonds is 6. The molecule has 9 nitrogen and oxygen atoms in total. The van der Waals surface area contributed by atoms with Crippen LogP contribution in [0.3, 0.4) is 0 Å². The molecule has 0 bridgehead atoms. The van der Waals surface area contributed by atoms with Crippen LogP contribution in [0.4, 0.5) is 5.69 Å². The van der Waals surface area contributed by atoms with Crippen molar-refractivity contribution >= 4 is 32.7 Å². The van der Waals surface area contributed by atoms with Gasteiger partial charge in [-0.05, 0) is 42.5 Å². The summed E-state index contributed by atoms with van der Waals surface area (Å²) in [6.07, 6.45) is -0.761. The van der Waals surface area contributed by atoms with Gasteiger partial charge in [-0.1, -0.05) is 30.3 Å². The van der Waals surface area contributed by atoms with Crippen molar-refractivity contribution in [2.75, 3.05) is 11.3 Å². The van der Waals surface area contributed by atoms with Gasteiger partial charge in [-0.15, -0.1) is 0 Å². The third-order valence-corrected chi connectivity index (χ3v) is 6.90. The predicted molar refractivity (Wildman–Crippen MR) is 126 cm³/mol. The van der Waals surface area contributed by atoms with E-state index >= 15 is 0 Å². The van der Waals surface area contributed by atoms with Crippen LogP contribution in [0.25, 0.3) is 11.0 Å². The average Bonchev–Trinajstić information content (AvgIpc) is 3.17. The van der Waals surface area contributed by atoms with Crippen molar-refractivity contribution in [2.45, 2.75) is 17.5 Å². The van der Waals surface area contributed by atoms with Gasteiger partial charge in [-0.2, -0.15) is 0 Å². The Morgan fingerprint density at radius 2 is 1.79 bits per heavy atom. The lowest BCUT2D eigenvalue weighted by Crippen LogP contribution is -2.43. The van der Waals surface area contributed by atoms with Crippen molar-refractivity contribution in [2.24, 2.45) is 7.05 Å². The number of carbonyl (C=O) groups excluding carboxylic acids is 1. The van der Waals surface area contributed by atoms with Crippen molar-refractivity contribution in [3.63, 3.8) is 0 Å². The first-order valence-corrected chi connectivity index (χ1v) is 12.1. The molecule has 174 valence electrons. The highest BCUT2D eigenvalue weighted by Gasteiger charge is 2.27. The smallest absolute Gasteiger partial charge is 0.265 e. The summed E-state index contributed by atoms with van der Waals surface area (Å²) in [6.45, 7) is 0.299. The van der Waals surface area contributed by atoms with Crippen molar-refractivity contribution in [3.8, 4) is 11.5 Å². The number of aryl methyl sites for hydroxylation is 1. The predicted octanol–water partition coefficient (Wildman–Crippen LogP) is 2.83. The number of benzene rings is 3. The minimum Gasteiger partial charge on any atom is -0.485 e. The van der Waals surface area contributed by atoms with E-state index in [0.29, 0.717) is 28.5 Å². The topological polar surface area (TPSA) is 112 Å². The molecule has 0 radical (unpaired) electrons. The summed E-state index contributed by atoms with van der Waals surface area (Å²) >= 11 is 0. The molecule has 34 heavy (non-hydrogen) atoms. The fraction of sp³-hybridized carbons (Fsp3) is 0.167. The lowest BCUT2D eigenvalue weighted by Gasteiger charge is -2.25. The fourth-order valence-corrected chi connectivity index (χ4v) is 4.78. The van der Waals surface area contributed by atoms with Gasteiger partial charge in [0.15, 0.2) is 11.5 Å². The maximum atomic E-state index is 12.6. The molecular formula is C24H22N4O5S. The van der Waals surface area contributed by atoms with Gasteiger partial charge in [-0.25, -0.2) is 13.4 Å². The molecule has 5 rings (SSSR count). The lowest BCUT2D eigenvalue weighted by molar-refractivity contribution is -0.130. The number of hydrogen-bond donors (Lipinski definition) is 2. The minimum absolute atomic E-state index is 0.121. The molecule has 0 spiro atoms. The van der Waals surface area contributed by atoms with Crippen LogP contribution in [0.2, 0.25) is 0 Å². The number of aromatic nitrogens is 2. The van der Waals surface area contributed by atoms with Crippen LogP contribution in [0.5, 0.6) is 11.5 Å². The standard InChI is InChI=1S/C24H22N4O5S/c1-28-19-12-11-16(27-34(30,31)17-7-3-2-4-8-17)13-18(19)26-23(28)14-25-24(29)22-15-32-20-9-5-6-10-21(20)33-22/h2-13,22,27H,14-15H2,1H3,(H,25,29)/t22-/m0/s1. The molecule has 2 N–H and O–H groups in total. The molecule has 0 saturated carbocycles. The first-order chi connectivity index (χ1) is 16.4. The zero-order valence-electron chi connectivity index (χ0n) is 18.3. The molecule has 0 aliphatic carbocycles. The molecule has 0 unspecified atom stereocenters. The molecule has 1 amide bonds. The van der Waals surface area contributed by atoms with Crippen LogP contribution in [-0.2, 0) is 28.4 Å². The molecule has 2 heterocycles. The summed E-state index contributed by atoms with van der Waals surface area (Å²) in [4.78, 5) is 17.4. The van der Waals surface area contributed by atoms with Gasteiger partial charge in [0, 0.05) is 7.05 Å². The van der Waals surface area contributed by atoms with Crippen LogP contribution in [0.15, 0.2) is 77.7 Å². The van der Waals surface area contributed by atoms with Crippen molar-refractivity contribution in [3.05, 3.63) is 78.6 Å². The number of ether oxygens (including phenoxy) is 2. The zero-order chi connectivity index (χ0) is 23.7. The summed E-state index contributed by atoms with van der Waals surface area (Å²) in [5.41, 5.74) is 1.81. The first-order valence-electron chi connectivity index (χ1n) is 10.6. The number of anilines is 1. The van der Waals surface area contributed by atoms with Crippen molar-refractivity contribution in [1.29, 1.82) is 0 Å². The molecule has 3 aromatic carbocycles. The Hall–Kier alpha value is -4.05. The number of nitrogens with one attached hydrogen (secondary N) is 2. The Labute approximate surface area is 196 Å². The van der Waals surface area contributed by atoms with Gasteiger partial charge in [0.25, 0.3) is 15.9 Å². The van der Waals surface area contributed by atoms with Crippen LogP contribution in [0.1, 0.15) is 5.82 Å². The van der Waals surface area contributed by atoms with E-state index in [1.165, 1.54) is 12.1 Å². The second-order valence-electron chi connectivity index (χ2n) is 7.79. The molecular weight excluding hydrogens is 456 g/mol. The number of nitrogens with zero attached hydrogens (tertiary/aromatic N) is 2. The number of fused-ring (bicyclic) bond motifs is 2. The summed E-state index contributed by atoms with van der Waals surface area (Å²) < 4.78 is 41.0. The lowest BCUT2D eigenvalue weighted by atomic mass is 10.2. The fourth-order valence-electron chi connectivity index (χ4n) is 3.71. The average molecular weight is 479 g/mol. The molecule has 0 saturated heterocycles. The van der Waals surface area contributed by atoms with E-state index in [2.05, 4.69) is 15.0 Å². The van der Waals surface area contributed by atoms with E-state index < -0.39 is 16.1 Å². The number of amides is 1. The number of imidazole rings is 1. The second-order valence-corrected chi connectivity index (χ2v) is 9.47. The Morgan fingerprint density at radius 1 is 1.06 bits per heavy atom. The van der Waals surface area contributed by atoms with E-state index in [1.807, 2.05) is 23.7 Å². The normalized spacial score (nSPS) is 15.1. The van der Waals surface area contributed by atoms with Gasteiger partial charge in [0.1, 0.15) is 12.4 Å². The van der Waals surface area contributed by atoms with Gasteiger partial charge in [-0.3, -0.25) is 9.52 Å². The quantitative estimate of drug-likeness (QED) is 0.441. The molecule has 1 aromatic heterocycles. The Morgan fingerprint density at radius 3 is 2.59 bits per heavy atom. The van der Waals surface area contributed by atoms with Crippen molar-refractivity contribution < 1.29 is 22.7 Å². The second kappa shape index (κ2) is 8.71. The minimum atomic E-state index is -3.71. The van der Waals surface area contributed by atoms with E-state index in [4.69, 9.17) is 9.47 Å². The highest BCUT2D eigenvalue weighted by Crippen LogP contribution is 2.31. The van der Waals surface area contributed by atoms with E-state index in [0.717, 1.165) is 5.52 Å². The van der Waals surface area contributed by atoms with Gasteiger partial charge in [0.05, 0.1) is 28.2 Å². The SMILES string of the molecule is Cn1c(CNC(=O)[C@@H]2COc3ccccc3O2)nc2cc(NS(=O)(=O)c3ccccc3)ccc21. The van der Waals surface area contributed by atoms with Gasteiger partial charge >= 0.3 is 0 Å². The number of para-hydroxylation sites is 2. The first kappa shape index (κ1) is 21.8. The third kappa shape index (κ3) is 4.27. The van der Waals surface area contributed by atoms with E-state index in [1.54, 1.807) is 48.5 Å². The maximum absolute atomic E-state index is 12.6. The maximum Gasteiger partial charge on any atom is 0.265 e. The summed E-state index contributed by atoms with van der Waals surface area (Å²) in [5.74, 6) is 1.45. The molecule has 1 atom stereocenters. The van der Waals surface area contributed by atoms with E-state index in [9.17, 15) is 13.2 Å². The zero-order valence-corrected chi connectivity index (χ0v) is 19.1. The third-order valence-electron chi connectivity index (χ3n) is 5.50. The monoisotopic (exact) mass is 478 g/mol. The number of hydrogen-bond acceptors (Lipinski definition) is 6. The van der Waals surface area contributed by atoms with Gasteiger partial charge < -0.3 is 19.4 Å². The van der Waals surface area contributed by atoms with Gasteiger partial charge in [0.2, 0.25) is 6.10 Å². The van der Waals surface area contributed by atoms with Crippen LogP contribution < -0.4 is 19.5 Å². The summed E-state index contributed by atoms with van der Waals surface area (Å²) in [6, 6.07) is 20.5. The van der Waals surface area contributed by atoms with Crippen LogP contribution >= 0.6 is 0 Å². The Kier molecular flexibility index (Phi) is 5.58. The van der Waals surface area contributed by atoms with Crippen LogP contribution in [-0.4, -0.2) is 36.6 Å². The summed E-state index contributed by atoms with van der Waals surface area (Å²) in [5, 5.41) is 2.84. The highest BCUT2D eigenvalue weighted by atomic mass is 32.2. The summed E-state index contributed by atoms with van der Waals surface area (Å²) in [7, 11) is -1.87. The molecule has 4 aromatic rings.